The number of terminal acetylenes is 3. The van der Waals surface area contributed by atoms with Crippen LogP contribution in [0.25, 0.3) is 0 Å². The van der Waals surface area contributed by atoms with Crippen LogP contribution >= 0.6 is 11.6 Å². The summed E-state index contributed by atoms with van der Waals surface area (Å²) in [5, 5.41) is 0. The second-order valence-corrected chi connectivity index (χ2v) is 5.32. The standard InChI is InChI=1S/C18H25ClO5/c1-4-8-21-14-18(15-22-9-5-2,16-23-10-6-3)17-24-13-12-20-11-7-19/h1-3H,7-17H2. The first-order valence-electron chi connectivity index (χ1n) is 7.49. The molecule has 0 aromatic heterocycles. The Morgan fingerprint density at radius 2 is 1.04 bits per heavy atom. The van der Waals surface area contributed by atoms with E-state index in [2.05, 4.69) is 17.8 Å². The lowest BCUT2D eigenvalue weighted by Crippen LogP contribution is -2.42. The fraction of sp³-hybridized carbons (Fsp3) is 0.667. The molecule has 0 aliphatic carbocycles. The fourth-order valence-corrected chi connectivity index (χ4v) is 1.90. The first kappa shape index (κ1) is 22.8. The summed E-state index contributed by atoms with van der Waals surface area (Å²) in [7, 11) is 0. The highest BCUT2D eigenvalue weighted by Gasteiger charge is 2.32. The van der Waals surface area contributed by atoms with Crippen LogP contribution in [0.15, 0.2) is 0 Å². The molecule has 5 nitrogen and oxygen atoms in total. The Kier molecular flexibility index (Phi) is 15.8. The highest BCUT2D eigenvalue weighted by Crippen LogP contribution is 2.20. The third-order valence-corrected chi connectivity index (χ3v) is 2.94. The van der Waals surface area contributed by atoms with Crippen molar-refractivity contribution in [2.24, 2.45) is 5.41 Å². The lowest BCUT2D eigenvalue weighted by molar-refractivity contribution is -0.101. The zero-order valence-electron chi connectivity index (χ0n) is 13.9. The van der Waals surface area contributed by atoms with Crippen LogP contribution in [0, 0.1) is 42.4 Å². The summed E-state index contributed by atoms with van der Waals surface area (Å²) in [5.74, 6) is 7.72. The largest absolute Gasteiger partial charge is 0.378 e. The zero-order valence-corrected chi connectivity index (χ0v) is 14.7. The number of alkyl halides is 1. The Labute approximate surface area is 150 Å². The first-order valence-corrected chi connectivity index (χ1v) is 8.03. The Morgan fingerprint density at radius 3 is 1.46 bits per heavy atom. The normalized spacial score (nSPS) is 10.8. The Balaban J connectivity index is 4.58. The van der Waals surface area contributed by atoms with E-state index in [0.717, 1.165) is 0 Å². The van der Waals surface area contributed by atoms with Gasteiger partial charge in [-0.2, -0.15) is 0 Å². The van der Waals surface area contributed by atoms with Crippen molar-refractivity contribution < 1.29 is 23.7 Å². The van der Waals surface area contributed by atoms with Gasteiger partial charge in [-0.1, -0.05) is 17.8 Å². The molecule has 0 aliphatic heterocycles. The highest BCUT2D eigenvalue weighted by molar-refractivity contribution is 6.17. The summed E-state index contributed by atoms with van der Waals surface area (Å²) < 4.78 is 27.4. The van der Waals surface area contributed by atoms with Gasteiger partial charge >= 0.3 is 0 Å². The van der Waals surface area contributed by atoms with Gasteiger partial charge in [-0.15, -0.1) is 30.9 Å². The summed E-state index contributed by atoms with van der Waals surface area (Å²) in [6.45, 7) is 3.14. The molecule has 0 bridgehead atoms. The van der Waals surface area contributed by atoms with Crippen molar-refractivity contribution in [3.8, 4) is 37.0 Å². The Morgan fingerprint density at radius 1 is 0.625 bits per heavy atom. The van der Waals surface area contributed by atoms with Crippen LogP contribution < -0.4 is 0 Å². The molecule has 0 aliphatic rings. The van der Waals surface area contributed by atoms with Crippen molar-refractivity contribution in [3.63, 3.8) is 0 Å². The molecule has 0 saturated carbocycles. The van der Waals surface area contributed by atoms with E-state index in [-0.39, 0.29) is 19.8 Å². The minimum absolute atomic E-state index is 0.185. The predicted molar refractivity (Wildman–Crippen MR) is 93.7 cm³/mol. The van der Waals surface area contributed by atoms with Crippen molar-refractivity contribution in [1.29, 1.82) is 0 Å². The van der Waals surface area contributed by atoms with E-state index in [0.29, 0.717) is 52.1 Å². The maximum Gasteiger partial charge on any atom is 0.107 e. The van der Waals surface area contributed by atoms with E-state index in [1.54, 1.807) is 0 Å². The minimum atomic E-state index is -0.558. The molecule has 6 heteroatoms. The van der Waals surface area contributed by atoms with E-state index in [1.165, 1.54) is 0 Å². The minimum Gasteiger partial charge on any atom is -0.378 e. The molecule has 0 heterocycles. The summed E-state index contributed by atoms with van der Waals surface area (Å²) in [6.07, 6.45) is 15.7. The van der Waals surface area contributed by atoms with E-state index < -0.39 is 5.41 Å². The SMILES string of the molecule is C#CCOCC(COCC#C)(COCC#C)COCCOCCCl. The fourth-order valence-electron chi connectivity index (χ4n) is 1.79. The maximum absolute atomic E-state index is 5.67. The molecule has 0 N–H and O–H groups in total. The van der Waals surface area contributed by atoms with Crippen LogP contribution in [0.5, 0.6) is 0 Å². The molecule has 0 radical (unpaired) electrons. The van der Waals surface area contributed by atoms with E-state index >= 15 is 0 Å². The smallest absolute Gasteiger partial charge is 0.107 e. The van der Waals surface area contributed by atoms with Gasteiger partial charge in [0.1, 0.15) is 19.8 Å². The Bertz CT molecular complexity index is 368. The highest BCUT2D eigenvalue weighted by atomic mass is 35.5. The van der Waals surface area contributed by atoms with Crippen molar-refractivity contribution in [3.05, 3.63) is 0 Å². The molecule has 0 aromatic carbocycles. The monoisotopic (exact) mass is 356 g/mol. The lowest BCUT2D eigenvalue weighted by atomic mass is 9.92. The molecule has 0 unspecified atom stereocenters. The third kappa shape index (κ3) is 12.2. The van der Waals surface area contributed by atoms with E-state index in [4.69, 9.17) is 54.6 Å². The van der Waals surface area contributed by atoms with E-state index in [9.17, 15) is 0 Å². The quantitative estimate of drug-likeness (QED) is 0.236. The second-order valence-electron chi connectivity index (χ2n) is 4.94. The van der Waals surface area contributed by atoms with Crippen LogP contribution in [-0.4, -0.2) is 71.9 Å². The van der Waals surface area contributed by atoms with Crippen LogP contribution in [0.1, 0.15) is 0 Å². The van der Waals surface area contributed by atoms with Crippen LogP contribution in [0.3, 0.4) is 0 Å². The van der Waals surface area contributed by atoms with Crippen molar-refractivity contribution in [2.45, 2.75) is 0 Å². The molecule has 0 amide bonds. The average molecular weight is 357 g/mol. The van der Waals surface area contributed by atoms with Gasteiger partial charge in [0.05, 0.1) is 51.7 Å². The molecule has 0 saturated heterocycles. The molecule has 0 aromatic rings. The van der Waals surface area contributed by atoms with Crippen molar-refractivity contribution in [2.75, 3.05) is 71.9 Å². The molecule has 134 valence electrons. The van der Waals surface area contributed by atoms with Crippen LogP contribution in [-0.2, 0) is 23.7 Å². The van der Waals surface area contributed by atoms with Crippen molar-refractivity contribution >= 4 is 11.6 Å². The van der Waals surface area contributed by atoms with Gasteiger partial charge in [-0.25, -0.2) is 0 Å². The number of ether oxygens (including phenoxy) is 5. The van der Waals surface area contributed by atoms with Gasteiger partial charge in [-0.3, -0.25) is 0 Å². The van der Waals surface area contributed by atoms with E-state index in [1.807, 2.05) is 0 Å². The van der Waals surface area contributed by atoms with Gasteiger partial charge in [0.2, 0.25) is 0 Å². The average Bonchev–Trinajstić information content (AvgIpc) is 2.58. The molecule has 0 spiro atoms. The van der Waals surface area contributed by atoms with Gasteiger partial charge < -0.3 is 23.7 Å². The Hall–Kier alpha value is -1.23. The summed E-state index contributed by atoms with van der Waals surface area (Å²) in [5.41, 5.74) is -0.558. The number of halogens is 1. The van der Waals surface area contributed by atoms with Gasteiger partial charge in [0, 0.05) is 5.88 Å². The molecule has 0 fully saturated rings. The van der Waals surface area contributed by atoms with Gasteiger partial charge in [0.15, 0.2) is 0 Å². The first-order chi connectivity index (χ1) is 11.7. The molecule has 0 atom stereocenters. The number of rotatable bonds is 16. The lowest BCUT2D eigenvalue weighted by Gasteiger charge is -2.32. The number of hydrogen-bond donors (Lipinski definition) is 0. The van der Waals surface area contributed by atoms with Gasteiger partial charge in [0.25, 0.3) is 0 Å². The van der Waals surface area contributed by atoms with Crippen molar-refractivity contribution in [1.82, 2.24) is 0 Å². The second kappa shape index (κ2) is 16.6. The predicted octanol–water partition coefficient (Wildman–Crippen LogP) is 1.19. The third-order valence-electron chi connectivity index (χ3n) is 2.78. The number of hydrogen-bond acceptors (Lipinski definition) is 5. The zero-order chi connectivity index (χ0) is 17.9. The summed E-state index contributed by atoms with van der Waals surface area (Å²) in [6, 6.07) is 0. The maximum atomic E-state index is 5.67. The van der Waals surface area contributed by atoms with Gasteiger partial charge in [-0.05, 0) is 0 Å². The van der Waals surface area contributed by atoms with Crippen LogP contribution in [0.2, 0.25) is 0 Å². The topological polar surface area (TPSA) is 46.2 Å². The van der Waals surface area contributed by atoms with Crippen LogP contribution in [0.4, 0.5) is 0 Å². The molecule has 0 rings (SSSR count). The molecular weight excluding hydrogens is 332 g/mol. The summed E-state index contributed by atoms with van der Waals surface area (Å²) >= 11 is 5.54. The molecule has 24 heavy (non-hydrogen) atoms. The molecular formula is C18H25ClO5. The summed E-state index contributed by atoms with van der Waals surface area (Å²) in [4.78, 5) is 0.